The summed E-state index contributed by atoms with van der Waals surface area (Å²) >= 11 is 0. The lowest BCUT2D eigenvalue weighted by Gasteiger charge is -2.00. The van der Waals surface area contributed by atoms with E-state index in [1.165, 1.54) is 0 Å². The topological polar surface area (TPSA) is 60.9 Å². The molecule has 2 aromatic carbocycles. The molecule has 1 atom stereocenters. The average molecular weight is 283 g/mol. The largest absolute Gasteiger partial charge is 0.395 e. The maximum Gasteiger partial charge on any atom is 0.177 e. The van der Waals surface area contributed by atoms with Crippen molar-refractivity contribution in [2.45, 2.75) is 9.92 Å². The second kappa shape index (κ2) is 5.30. The van der Waals surface area contributed by atoms with Crippen LogP contribution in [0.1, 0.15) is 0 Å². The fourth-order valence-electron chi connectivity index (χ4n) is 1.88. The molecule has 0 amide bonds. The Morgan fingerprint density at radius 1 is 0.950 bits per heavy atom. The maximum atomic E-state index is 12.5. The van der Waals surface area contributed by atoms with E-state index in [-0.39, 0.29) is 0 Å². The molecule has 5 heteroatoms. The van der Waals surface area contributed by atoms with E-state index in [1.54, 1.807) is 23.0 Å². The SMILES string of the molecule is Nc1cn(-c2ccccc2)nc1S(=O)c1ccccc1. The molecular formula is C15H13N3OS. The van der Waals surface area contributed by atoms with Gasteiger partial charge in [0.25, 0.3) is 0 Å². The number of benzene rings is 2. The third kappa shape index (κ3) is 2.35. The monoisotopic (exact) mass is 283 g/mol. The van der Waals surface area contributed by atoms with Crippen molar-refractivity contribution in [3.05, 3.63) is 66.9 Å². The number of aromatic nitrogens is 2. The number of nitrogens with two attached hydrogens (primary N) is 1. The number of hydrogen-bond donors (Lipinski definition) is 1. The fraction of sp³-hybridized carbons (Fsp3) is 0. The van der Waals surface area contributed by atoms with Gasteiger partial charge >= 0.3 is 0 Å². The van der Waals surface area contributed by atoms with Crippen molar-refractivity contribution in [1.29, 1.82) is 0 Å². The minimum Gasteiger partial charge on any atom is -0.395 e. The second-order valence-corrected chi connectivity index (χ2v) is 5.65. The molecule has 1 unspecified atom stereocenters. The first-order chi connectivity index (χ1) is 9.75. The van der Waals surface area contributed by atoms with Crippen molar-refractivity contribution in [2.24, 2.45) is 0 Å². The first-order valence-electron chi connectivity index (χ1n) is 6.13. The Labute approximate surface area is 119 Å². The molecule has 0 fully saturated rings. The molecule has 0 aliphatic heterocycles. The highest BCUT2D eigenvalue weighted by atomic mass is 32.2. The summed E-state index contributed by atoms with van der Waals surface area (Å²) in [7, 11) is -1.37. The Morgan fingerprint density at radius 2 is 1.55 bits per heavy atom. The van der Waals surface area contributed by atoms with Crippen molar-refractivity contribution in [3.63, 3.8) is 0 Å². The quantitative estimate of drug-likeness (QED) is 0.803. The van der Waals surface area contributed by atoms with Gasteiger partial charge in [0, 0.05) is 4.90 Å². The van der Waals surface area contributed by atoms with Crippen LogP contribution in [0.25, 0.3) is 5.69 Å². The predicted molar refractivity (Wildman–Crippen MR) is 79.1 cm³/mol. The summed E-state index contributed by atoms with van der Waals surface area (Å²) in [6.45, 7) is 0. The van der Waals surface area contributed by atoms with Crippen LogP contribution in [0.3, 0.4) is 0 Å². The maximum absolute atomic E-state index is 12.5. The van der Waals surface area contributed by atoms with Crippen LogP contribution in [-0.2, 0) is 10.8 Å². The summed E-state index contributed by atoms with van der Waals surface area (Å²) in [5, 5.41) is 4.74. The number of rotatable bonds is 3. The summed E-state index contributed by atoms with van der Waals surface area (Å²) in [5.74, 6) is 0. The van der Waals surface area contributed by atoms with Gasteiger partial charge < -0.3 is 5.73 Å². The Morgan fingerprint density at radius 3 is 2.20 bits per heavy atom. The van der Waals surface area contributed by atoms with Gasteiger partial charge in [0.05, 0.1) is 17.6 Å². The van der Waals surface area contributed by atoms with Gasteiger partial charge in [-0.25, -0.2) is 8.89 Å². The van der Waals surface area contributed by atoms with Crippen molar-refractivity contribution in [2.75, 3.05) is 5.73 Å². The van der Waals surface area contributed by atoms with Crippen LogP contribution < -0.4 is 5.73 Å². The number of anilines is 1. The third-order valence-corrected chi connectivity index (χ3v) is 4.23. The minimum absolute atomic E-state index is 0.389. The Kier molecular flexibility index (Phi) is 3.35. The van der Waals surface area contributed by atoms with Gasteiger partial charge in [0.2, 0.25) is 0 Å². The van der Waals surface area contributed by atoms with Crippen LogP contribution >= 0.6 is 0 Å². The molecule has 0 aliphatic rings. The summed E-state index contributed by atoms with van der Waals surface area (Å²) in [4.78, 5) is 0.692. The minimum atomic E-state index is -1.37. The smallest absolute Gasteiger partial charge is 0.177 e. The summed E-state index contributed by atoms with van der Waals surface area (Å²) in [5.41, 5.74) is 7.25. The second-order valence-electron chi connectivity index (χ2n) is 4.25. The van der Waals surface area contributed by atoms with Crippen LogP contribution in [0, 0.1) is 0 Å². The average Bonchev–Trinajstić information content (AvgIpc) is 2.90. The van der Waals surface area contributed by atoms with E-state index >= 15 is 0 Å². The van der Waals surface area contributed by atoms with E-state index in [1.807, 2.05) is 48.5 Å². The Hall–Kier alpha value is -2.40. The highest BCUT2D eigenvalue weighted by Crippen LogP contribution is 2.21. The zero-order chi connectivity index (χ0) is 13.9. The molecule has 0 bridgehead atoms. The van der Waals surface area contributed by atoms with E-state index < -0.39 is 10.8 Å². The predicted octanol–water partition coefficient (Wildman–Crippen LogP) is 2.62. The van der Waals surface area contributed by atoms with Crippen LogP contribution in [0.5, 0.6) is 0 Å². The molecule has 0 spiro atoms. The number of para-hydroxylation sites is 1. The first kappa shape index (κ1) is 12.6. The standard InChI is InChI=1S/C15H13N3OS/c16-14-11-18(12-7-3-1-4-8-12)17-15(14)20(19)13-9-5-2-6-10-13/h1-11H,16H2. The zero-order valence-electron chi connectivity index (χ0n) is 10.6. The molecule has 3 rings (SSSR count). The molecule has 100 valence electrons. The number of nitrogens with zero attached hydrogens (tertiary/aromatic N) is 2. The molecule has 3 aromatic rings. The van der Waals surface area contributed by atoms with Crippen molar-refractivity contribution >= 4 is 16.5 Å². The molecule has 0 aliphatic carbocycles. The van der Waals surface area contributed by atoms with Crippen molar-refractivity contribution in [3.8, 4) is 5.69 Å². The van der Waals surface area contributed by atoms with E-state index in [4.69, 9.17) is 5.73 Å². The molecule has 0 saturated heterocycles. The molecule has 0 radical (unpaired) electrons. The highest BCUT2D eigenvalue weighted by molar-refractivity contribution is 7.85. The van der Waals surface area contributed by atoms with Gasteiger partial charge in [0.15, 0.2) is 5.03 Å². The highest BCUT2D eigenvalue weighted by Gasteiger charge is 2.15. The molecular weight excluding hydrogens is 270 g/mol. The normalized spacial score (nSPS) is 12.2. The van der Waals surface area contributed by atoms with E-state index in [0.717, 1.165) is 5.69 Å². The molecule has 2 N–H and O–H groups in total. The number of nitrogen functional groups attached to an aromatic ring is 1. The Balaban J connectivity index is 2.00. The van der Waals surface area contributed by atoms with Crippen LogP contribution in [0.2, 0.25) is 0 Å². The number of hydrogen-bond acceptors (Lipinski definition) is 3. The summed E-state index contributed by atoms with van der Waals surface area (Å²) in [6, 6.07) is 18.8. The van der Waals surface area contributed by atoms with Crippen LogP contribution in [0.15, 0.2) is 76.8 Å². The molecule has 20 heavy (non-hydrogen) atoms. The van der Waals surface area contributed by atoms with Crippen LogP contribution in [-0.4, -0.2) is 14.0 Å². The van der Waals surface area contributed by atoms with Gasteiger partial charge in [-0.05, 0) is 24.3 Å². The molecule has 0 saturated carbocycles. The lowest BCUT2D eigenvalue weighted by Crippen LogP contribution is -1.99. The van der Waals surface area contributed by atoms with E-state index in [0.29, 0.717) is 15.6 Å². The lowest BCUT2D eigenvalue weighted by atomic mass is 10.3. The summed E-state index contributed by atoms with van der Waals surface area (Å²) in [6.07, 6.45) is 1.69. The van der Waals surface area contributed by atoms with Crippen LogP contribution in [0.4, 0.5) is 5.69 Å². The van der Waals surface area contributed by atoms with E-state index in [2.05, 4.69) is 5.10 Å². The summed E-state index contributed by atoms with van der Waals surface area (Å²) < 4.78 is 14.1. The first-order valence-corrected chi connectivity index (χ1v) is 7.28. The van der Waals surface area contributed by atoms with E-state index in [9.17, 15) is 4.21 Å². The zero-order valence-corrected chi connectivity index (χ0v) is 11.5. The molecule has 1 heterocycles. The lowest BCUT2D eigenvalue weighted by molar-refractivity contribution is 0.678. The molecule has 1 aromatic heterocycles. The van der Waals surface area contributed by atoms with Crippen molar-refractivity contribution in [1.82, 2.24) is 9.78 Å². The Bertz CT molecular complexity index is 738. The molecule has 4 nitrogen and oxygen atoms in total. The van der Waals surface area contributed by atoms with Gasteiger partial charge in [-0.15, -0.1) is 0 Å². The van der Waals surface area contributed by atoms with Gasteiger partial charge in [-0.2, -0.15) is 5.10 Å². The third-order valence-electron chi connectivity index (χ3n) is 2.86. The van der Waals surface area contributed by atoms with Gasteiger partial charge in [0.1, 0.15) is 10.8 Å². The van der Waals surface area contributed by atoms with Gasteiger partial charge in [-0.1, -0.05) is 36.4 Å². The van der Waals surface area contributed by atoms with Crippen molar-refractivity contribution < 1.29 is 4.21 Å². The fourth-order valence-corrected chi connectivity index (χ4v) is 2.94. The van der Waals surface area contributed by atoms with Gasteiger partial charge in [-0.3, -0.25) is 0 Å².